The quantitative estimate of drug-likeness (QED) is 0.830. The van der Waals surface area contributed by atoms with Gasteiger partial charge in [0.1, 0.15) is 0 Å². The number of nitrogens with one attached hydrogen (secondary N) is 1. The van der Waals surface area contributed by atoms with E-state index in [2.05, 4.69) is 15.4 Å². The van der Waals surface area contributed by atoms with Crippen LogP contribution in [0.25, 0.3) is 0 Å². The third-order valence-electron chi connectivity index (χ3n) is 4.28. The standard InChI is InChI=1S/C14H22N4O4S/c1-11-8-13(22-16-11)9-17-3-5-18(6-4-17)14(19)15-12-2-7-23(20,21)10-12/h8,12H,2-7,9-10H2,1H3,(H,15,19)/t12-/m1/s1. The Kier molecular flexibility index (Phi) is 4.58. The first kappa shape index (κ1) is 16.3. The summed E-state index contributed by atoms with van der Waals surface area (Å²) in [4.78, 5) is 16.2. The van der Waals surface area contributed by atoms with Crippen molar-refractivity contribution in [2.75, 3.05) is 37.7 Å². The predicted octanol–water partition coefficient (Wildman–Crippen LogP) is -0.00268. The highest BCUT2D eigenvalue weighted by atomic mass is 32.2. The number of sulfone groups is 1. The molecule has 2 aliphatic rings. The molecule has 9 heteroatoms. The molecule has 1 atom stereocenters. The molecule has 23 heavy (non-hydrogen) atoms. The third-order valence-corrected chi connectivity index (χ3v) is 6.04. The molecular formula is C14H22N4O4S. The Bertz CT molecular complexity index is 664. The Morgan fingerprint density at radius 2 is 2.13 bits per heavy atom. The smallest absolute Gasteiger partial charge is 0.317 e. The topological polar surface area (TPSA) is 95.8 Å². The molecule has 2 aliphatic heterocycles. The molecule has 3 heterocycles. The van der Waals surface area contributed by atoms with Gasteiger partial charge < -0.3 is 14.7 Å². The zero-order chi connectivity index (χ0) is 16.4. The number of aromatic nitrogens is 1. The fourth-order valence-corrected chi connectivity index (χ4v) is 4.67. The molecule has 0 unspecified atom stereocenters. The number of urea groups is 1. The maximum Gasteiger partial charge on any atom is 0.317 e. The van der Waals surface area contributed by atoms with E-state index in [1.54, 1.807) is 4.90 Å². The van der Waals surface area contributed by atoms with Crippen LogP contribution in [0.1, 0.15) is 17.9 Å². The van der Waals surface area contributed by atoms with Crippen LogP contribution in [0.2, 0.25) is 0 Å². The number of amides is 2. The molecule has 8 nitrogen and oxygen atoms in total. The number of nitrogens with zero attached hydrogens (tertiary/aromatic N) is 3. The molecule has 1 aromatic heterocycles. The molecule has 2 fully saturated rings. The minimum Gasteiger partial charge on any atom is -0.360 e. The van der Waals surface area contributed by atoms with Crippen molar-refractivity contribution in [3.05, 3.63) is 17.5 Å². The van der Waals surface area contributed by atoms with E-state index in [9.17, 15) is 13.2 Å². The second-order valence-corrected chi connectivity index (χ2v) is 8.48. The van der Waals surface area contributed by atoms with Gasteiger partial charge in [-0.1, -0.05) is 5.16 Å². The molecule has 0 saturated carbocycles. The number of carbonyl (C=O) groups is 1. The minimum atomic E-state index is -2.97. The zero-order valence-electron chi connectivity index (χ0n) is 13.2. The van der Waals surface area contributed by atoms with Crippen LogP contribution in [0.5, 0.6) is 0 Å². The van der Waals surface area contributed by atoms with Gasteiger partial charge in [-0.15, -0.1) is 0 Å². The lowest BCUT2D eigenvalue weighted by Gasteiger charge is -2.34. The Balaban J connectivity index is 1.44. The molecule has 2 saturated heterocycles. The third kappa shape index (κ3) is 4.23. The molecular weight excluding hydrogens is 320 g/mol. The van der Waals surface area contributed by atoms with Gasteiger partial charge in [-0.3, -0.25) is 4.90 Å². The van der Waals surface area contributed by atoms with Crippen molar-refractivity contribution in [3.63, 3.8) is 0 Å². The van der Waals surface area contributed by atoms with E-state index in [-0.39, 0.29) is 23.6 Å². The van der Waals surface area contributed by atoms with Crippen LogP contribution >= 0.6 is 0 Å². The predicted molar refractivity (Wildman–Crippen MR) is 83.7 cm³/mol. The summed E-state index contributed by atoms with van der Waals surface area (Å²) in [5.41, 5.74) is 0.865. The van der Waals surface area contributed by atoms with Crippen molar-refractivity contribution in [1.82, 2.24) is 20.3 Å². The van der Waals surface area contributed by atoms with E-state index in [1.165, 1.54) is 0 Å². The Labute approximate surface area is 135 Å². The average Bonchev–Trinajstić information content (AvgIpc) is 3.05. The van der Waals surface area contributed by atoms with Crippen LogP contribution in [-0.2, 0) is 16.4 Å². The molecule has 1 N–H and O–H groups in total. The van der Waals surface area contributed by atoms with Gasteiger partial charge in [0.15, 0.2) is 15.6 Å². The number of rotatable bonds is 3. The molecule has 2 amide bonds. The summed E-state index contributed by atoms with van der Waals surface area (Å²) in [5, 5.41) is 6.70. The number of hydrogen-bond acceptors (Lipinski definition) is 6. The summed E-state index contributed by atoms with van der Waals surface area (Å²) < 4.78 is 28.1. The van der Waals surface area contributed by atoms with Crippen LogP contribution in [0.4, 0.5) is 4.79 Å². The first-order valence-corrected chi connectivity index (χ1v) is 9.64. The summed E-state index contributed by atoms with van der Waals surface area (Å²) in [6.45, 7) is 5.35. The van der Waals surface area contributed by atoms with Crippen LogP contribution < -0.4 is 5.32 Å². The van der Waals surface area contributed by atoms with Gasteiger partial charge in [0.25, 0.3) is 0 Å². The molecule has 0 bridgehead atoms. The lowest BCUT2D eigenvalue weighted by atomic mass is 10.2. The number of piperazine rings is 1. The summed E-state index contributed by atoms with van der Waals surface area (Å²) in [7, 11) is -2.97. The van der Waals surface area contributed by atoms with Crippen molar-refractivity contribution in [2.24, 2.45) is 0 Å². The summed E-state index contributed by atoms with van der Waals surface area (Å²) in [6, 6.07) is 1.50. The van der Waals surface area contributed by atoms with Crippen LogP contribution in [0.15, 0.2) is 10.6 Å². The van der Waals surface area contributed by atoms with Gasteiger partial charge in [-0.25, -0.2) is 13.2 Å². The fraction of sp³-hybridized carbons (Fsp3) is 0.714. The highest BCUT2D eigenvalue weighted by Crippen LogP contribution is 2.13. The Morgan fingerprint density at radius 3 is 2.70 bits per heavy atom. The van der Waals surface area contributed by atoms with E-state index in [0.29, 0.717) is 26.1 Å². The summed E-state index contributed by atoms with van der Waals surface area (Å²) in [6.07, 6.45) is 0.513. The molecule has 0 aromatic carbocycles. The van der Waals surface area contributed by atoms with E-state index in [1.807, 2.05) is 13.0 Å². The lowest BCUT2D eigenvalue weighted by Crippen LogP contribution is -2.53. The maximum absolute atomic E-state index is 12.2. The Morgan fingerprint density at radius 1 is 1.39 bits per heavy atom. The zero-order valence-corrected chi connectivity index (χ0v) is 14.0. The first-order valence-electron chi connectivity index (χ1n) is 7.82. The van der Waals surface area contributed by atoms with Crippen LogP contribution in [0.3, 0.4) is 0 Å². The van der Waals surface area contributed by atoms with Crippen LogP contribution in [-0.4, -0.2) is 73.1 Å². The highest BCUT2D eigenvalue weighted by Gasteiger charge is 2.31. The van der Waals surface area contributed by atoms with E-state index in [4.69, 9.17) is 4.52 Å². The monoisotopic (exact) mass is 342 g/mol. The van der Waals surface area contributed by atoms with E-state index in [0.717, 1.165) is 24.5 Å². The van der Waals surface area contributed by atoms with Crippen LogP contribution in [0, 0.1) is 6.92 Å². The van der Waals surface area contributed by atoms with Gasteiger partial charge in [0.2, 0.25) is 0 Å². The largest absolute Gasteiger partial charge is 0.360 e. The van der Waals surface area contributed by atoms with Gasteiger partial charge in [-0.2, -0.15) is 0 Å². The normalized spacial score (nSPS) is 24.7. The molecule has 3 rings (SSSR count). The van der Waals surface area contributed by atoms with Crippen molar-refractivity contribution >= 4 is 15.9 Å². The molecule has 1 aromatic rings. The van der Waals surface area contributed by atoms with Gasteiger partial charge in [0, 0.05) is 38.3 Å². The summed E-state index contributed by atoms with van der Waals surface area (Å²) >= 11 is 0. The highest BCUT2D eigenvalue weighted by molar-refractivity contribution is 7.91. The fourth-order valence-electron chi connectivity index (χ4n) is 3.00. The summed E-state index contributed by atoms with van der Waals surface area (Å²) in [5.74, 6) is 1.06. The van der Waals surface area contributed by atoms with E-state index >= 15 is 0 Å². The van der Waals surface area contributed by atoms with Crippen molar-refractivity contribution in [2.45, 2.75) is 25.9 Å². The van der Waals surface area contributed by atoms with Gasteiger partial charge in [0.05, 0.1) is 23.7 Å². The lowest BCUT2D eigenvalue weighted by molar-refractivity contribution is 0.126. The SMILES string of the molecule is Cc1cc(CN2CCN(C(=O)N[C@@H]3CCS(=O)(=O)C3)CC2)on1. The number of carbonyl (C=O) groups excluding carboxylic acids is 1. The minimum absolute atomic E-state index is 0.0591. The van der Waals surface area contributed by atoms with Crippen molar-refractivity contribution in [3.8, 4) is 0 Å². The molecule has 0 spiro atoms. The average molecular weight is 342 g/mol. The number of hydrogen-bond donors (Lipinski definition) is 1. The van der Waals surface area contributed by atoms with Gasteiger partial charge in [-0.05, 0) is 13.3 Å². The molecule has 0 radical (unpaired) electrons. The van der Waals surface area contributed by atoms with Crippen molar-refractivity contribution in [1.29, 1.82) is 0 Å². The second-order valence-electron chi connectivity index (χ2n) is 6.25. The van der Waals surface area contributed by atoms with Crippen molar-refractivity contribution < 1.29 is 17.7 Å². The number of aryl methyl sites for hydroxylation is 1. The van der Waals surface area contributed by atoms with Gasteiger partial charge >= 0.3 is 6.03 Å². The maximum atomic E-state index is 12.2. The Hall–Kier alpha value is -1.61. The molecule has 0 aliphatic carbocycles. The molecule has 128 valence electrons. The first-order chi connectivity index (χ1) is 10.9. The van der Waals surface area contributed by atoms with E-state index < -0.39 is 9.84 Å². The second kappa shape index (κ2) is 6.48.